The molecule has 0 aliphatic heterocycles. The highest BCUT2D eigenvalue weighted by molar-refractivity contribution is 9.10. The van der Waals surface area contributed by atoms with E-state index in [1.165, 1.54) is 6.07 Å². The number of nitrogens with one attached hydrogen (secondary N) is 1. The van der Waals surface area contributed by atoms with Crippen LogP contribution in [0.5, 0.6) is 5.75 Å². The van der Waals surface area contributed by atoms with Crippen molar-refractivity contribution in [1.82, 2.24) is 0 Å². The maximum absolute atomic E-state index is 13.6. The maximum Gasteiger partial charge on any atom is 0.291 e. The SMILES string of the molecule is O=C(Nc1cc(F)ccc1F)c1ccc(COc2cccc(Br)c2)o1. The Morgan fingerprint density at radius 3 is 2.76 bits per heavy atom. The van der Waals surface area contributed by atoms with E-state index in [0.717, 1.165) is 22.7 Å². The lowest BCUT2D eigenvalue weighted by molar-refractivity contribution is 0.0992. The van der Waals surface area contributed by atoms with E-state index in [9.17, 15) is 13.6 Å². The molecule has 1 N–H and O–H groups in total. The summed E-state index contributed by atoms with van der Waals surface area (Å²) in [6, 6.07) is 13.1. The third-order valence-corrected chi connectivity index (χ3v) is 3.73. The van der Waals surface area contributed by atoms with Crippen LogP contribution in [-0.2, 0) is 6.61 Å². The smallest absolute Gasteiger partial charge is 0.291 e. The van der Waals surface area contributed by atoms with E-state index < -0.39 is 17.5 Å². The van der Waals surface area contributed by atoms with Crippen molar-refractivity contribution in [3.05, 3.63) is 82.2 Å². The van der Waals surface area contributed by atoms with Gasteiger partial charge in [0.15, 0.2) is 5.76 Å². The predicted molar refractivity (Wildman–Crippen MR) is 91.5 cm³/mol. The Bertz CT molecular complexity index is 911. The number of hydrogen-bond acceptors (Lipinski definition) is 3. The molecule has 1 amide bonds. The Hall–Kier alpha value is -2.67. The molecule has 2 aromatic carbocycles. The van der Waals surface area contributed by atoms with Gasteiger partial charge in [-0.3, -0.25) is 4.79 Å². The molecule has 0 fully saturated rings. The minimum atomic E-state index is -0.737. The van der Waals surface area contributed by atoms with Crippen LogP contribution >= 0.6 is 15.9 Å². The molecular weight excluding hydrogens is 396 g/mol. The van der Waals surface area contributed by atoms with Gasteiger partial charge in [-0.2, -0.15) is 0 Å². The Labute approximate surface area is 150 Å². The first-order chi connectivity index (χ1) is 12.0. The molecule has 0 unspecified atom stereocenters. The zero-order chi connectivity index (χ0) is 17.8. The highest BCUT2D eigenvalue weighted by atomic mass is 79.9. The van der Waals surface area contributed by atoms with Gasteiger partial charge in [0.1, 0.15) is 29.8 Å². The normalized spacial score (nSPS) is 10.5. The molecule has 0 saturated carbocycles. The van der Waals surface area contributed by atoms with Gasteiger partial charge < -0.3 is 14.5 Å². The van der Waals surface area contributed by atoms with Crippen LogP contribution in [0.15, 0.2) is 63.5 Å². The first-order valence-electron chi connectivity index (χ1n) is 7.25. The Balaban J connectivity index is 1.64. The minimum Gasteiger partial charge on any atom is -0.486 e. The zero-order valence-electron chi connectivity index (χ0n) is 12.8. The number of carbonyl (C=O) groups is 1. The summed E-state index contributed by atoms with van der Waals surface area (Å²) in [5.41, 5.74) is -0.256. The average Bonchev–Trinajstić information content (AvgIpc) is 3.05. The largest absolute Gasteiger partial charge is 0.486 e. The van der Waals surface area contributed by atoms with Crippen LogP contribution in [0.3, 0.4) is 0 Å². The number of carbonyl (C=O) groups excluding carboxylic acids is 1. The quantitative estimate of drug-likeness (QED) is 0.635. The Morgan fingerprint density at radius 2 is 1.96 bits per heavy atom. The number of halogens is 3. The van der Waals surface area contributed by atoms with Gasteiger partial charge in [0.2, 0.25) is 0 Å². The van der Waals surface area contributed by atoms with Crippen molar-refractivity contribution in [3.63, 3.8) is 0 Å². The second-order valence-electron chi connectivity index (χ2n) is 5.09. The Morgan fingerprint density at radius 1 is 1.12 bits per heavy atom. The van der Waals surface area contributed by atoms with Crippen LogP contribution in [0, 0.1) is 11.6 Å². The third-order valence-electron chi connectivity index (χ3n) is 3.24. The predicted octanol–water partition coefficient (Wildman–Crippen LogP) is 5.15. The van der Waals surface area contributed by atoms with Crippen LogP contribution in [0.4, 0.5) is 14.5 Å². The van der Waals surface area contributed by atoms with E-state index in [2.05, 4.69) is 21.2 Å². The average molecular weight is 408 g/mol. The molecule has 0 bridgehead atoms. The summed E-state index contributed by atoms with van der Waals surface area (Å²) in [4.78, 5) is 12.1. The van der Waals surface area contributed by atoms with Gasteiger partial charge in [-0.05, 0) is 42.5 Å². The minimum absolute atomic E-state index is 0.0310. The van der Waals surface area contributed by atoms with Gasteiger partial charge in [0, 0.05) is 10.5 Å². The summed E-state index contributed by atoms with van der Waals surface area (Å²) in [5, 5.41) is 2.27. The lowest BCUT2D eigenvalue weighted by Crippen LogP contribution is -2.12. The summed E-state index contributed by atoms with van der Waals surface area (Å²) in [6.07, 6.45) is 0. The molecule has 1 heterocycles. The van der Waals surface area contributed by atoms with Crippen molar-refractivity contribution in [2.75, 3.05) is 5.32 Å². The van der Waals surface area contributed by atoms with Crippen molar-refractivity contribution in [2.24, 2.45) is 0 Å². The fourth-order valence-electron chi connectivity index (χ4n) is 2.07. The highest BCUT2D eigenvalue weighted by Gasteiger charge is 2.14. The number of ether oxygens (including phenoxy) is 1. The fourth-order valence-corrected chi connectivity index (χ4v) is 2.44. The number of amides is 1. The maximum atomic E-state index is 13.6. The van der Waals surface area contributed by atoms with Crippen molar-refractivity contribution < 1.29 is 22.7 Å². The molecule has 0 saturated heterocycles. The topological polar surface area (TPSA) is 51.5 Å². The van der Waals surface area contributed by atoms with Gasteiger partial charge in [-0.1, -0.05) is 22.0 Å². The van der Waals surface area contributed by atoms with Crippen molar-refractivity contribution in [3.8, 4) is 5.75 Å². The summed E-state index contributed by atoms with van der Waals surface area (Å²) < 4.78 is 38.5. The van der Waals surface area contributed by atoms with E-state index in [1.807, 2.05) is 12.1 Å². The number of rotatable bonds is 5. The number of anilines is 1. The summed E-state index contributed by atoms with van der Waals surface area (Å²) in [7, 11) is 0. The van der Waals surface area contributed by atoms with Crippen molar-refractivity contribution in [1.29, 1.82) is 0 Å². The molecule has 7 heteroatoms. The molecule has 4 nitrogen and oxygen atoms in total. The van der Waals surface area contributed by atoms with Gasteiger partial charge in [-0.15, -0.1) is 0 Å². The summed E-state index contributed by atoms with van der Waals surface area (Å²) >= 11 is 3.34. The van der Waals surface area contributed by atoms with Crippen LogP contribution in [0.25, 0.3) is 0 Å². The molecule has 128 valence electrons. The first kappa shape index (κ1) is 17.2. The standard InChI is InChI=1S/C18H12BrF2NO3/c19-11-2-1-3-13(8-11)24-10-14-5-7-17(25-14)18(23)22-16-9-12(20)4-6-15(16)21/h1-9H,10H2,(H,22,23). The van der Waals surface area contributed by atoms with E-state index in [1.54, 1.807) is 18.2 Å². The molecule has 25 heavy (non-hydrogen) atoms. The van der Waals surface area contributed by atoms with Crippen LogP contribution in [0.2, 0.25) is 0 Å². The van der Waals surface area contributed by atoms with Crippen molar-refractivity contribution in [2.45, 2.75) is 6.61 Å². The monoisotopic (exact) mass is 407 g/mol. The molecule has 0 spiro atoms. The first-order valence-corrected chi connectivity index (χ1v) is 8.04. The van der Waals surface area contributed by atoms with Gasteiger partial charge in [-0.25, -0.2) is 8.78 Å². The van der Waals surface area contributed by atoms with Gasteiger partial charge in [0.05, 0.1) is 5.69 Å². The molecule has 1 aromatic heterocycles. The second kappa shape index (κ2) is 7.48. The Kier molecular flexibility index (Phi) is 5.14. The zero-order valence-corrected chi connectivity index (χ0v) is 14.3. The number of benzene rings is 2. The molecule has 0 aliphatic carbocycles. The van der Waals surface area contributed by atoms with Crippen LogP contribution < -0.4 is 10.1 Å². The third kappa shape index (κ3) is 4.45. The molecule has 0 atom stereocenters. The summed E-state index contributed by atoms with van der Waals surface area (Å²) in [6.45, 7) is 0.123. The molecule has 0 radical (unpaired) electrons. The molecule has 3 rings (SSSR count). The van der Waals surface area contributed by atoms with E-state index in [4.69, 9.17) is 9.15 Å². The summed E-state index contributed by atoms with van der Waals surface area (Å²) in [5.74, 6) is -1.04. The highest BCUT2D eigenvalue weighted by Crippen LogP contribution is 2.20. The molecular formula is C18H12BrF2NO3. The molecule has 0 aliphatic rings. The molecule has 3 aromatic rings. The second-order valence-corrected chi connectivity index (χ2v) is 6.01. The van der Waals surface area contributed by atoms with Gasteiger partial charge in [0.25, 0.3) is 5.91 Å². The number of hydrogen-bond donors (Lipinski definition) is 1. The van der Waals surface area contributed by atoms with E-state index in [0.29, 0.717) is 11.5 Å². The van der Waals surface area contributed by atoms with E-state index in [-0.39, 0.29) is 18.1 Å². The fraction of sp³-hybridized carbons (Fsp3) is 0.0556. The van der Waals surface area contributed by atoms with Crippen LogP contribution in [-0.4, -0.2) is 5.91 Å². The van der Waals surface area contributed by atoms with Gasteiger partial charge >= 0.3 is 0 Å². The van der Waals surface area contributed by atoms with Crippen molar-refractivity contribution >= 4 is 27.5 Å². The number of furan rings is 1. The lowest BCUT2D eigenvalue weighted by atomic mass is 10.3. The van der Waals surface area contributed by atoms with Crippen LogP contribution in [0.1, 0.15) is 16.3 Å². The lowest BCUT2D eigenvalue weighted by Gasteiger charge is -2.05. The van der Waals surface area contributed by atoms with E-state index >= 15 is 0 Å².